The number of carbonyl (C=O) groups excluding carboxylic acids is 2. The number of ether oxygens (including phenoxy) is 1. The first-order chi connectivity index (χ1) is 17.0. The SMILES string of the molecule is CCNC(=O)COc1ccccc1CNC(=O)Cn1c(C)cnc(NCCc2ccccc2)c1=O. The minimum Gasteiger partial charge on any atom is -0.483 e. The number of aromatic nitrogens is 2. The number of likely N-dealkylation sites (N-methyl/N-ethyl adjacent to an activating group) is 1. The van der Waals surface area contributed by atoms with Gasteiger partial charge in [-0.1, -0.05) is 48.5 Å². The molecule has 3 N–H and O–H groups in total. The number of carbonyl (C=O) groups is 2. The number of hydrogen-bond acceptors (Lipinski definition) is 6. The van der Waals surface area contributed by atoms with Crippen LogP contribution in [0.5, 0.6) is 5.75 Å². The number of nitrogens with zero attached hydrogens (tertiary/aromatic N) is 2. The van der Waals surface area contributed by atoms with Crippen LogP contribution in [0, 0.1) is 6.92 Å². The van der Waals surface area contributed by atoms with Crippen LogP contribution in [-0.2, 0) is 29.1 Å². The number of benzene rings is 2. The Hall–Kier alpha value is -4.14. The zero-order valence-electron chi connectivity index (χ0n) is 20.0. The fraction of sp³-hybridized carbons (Fsp3) is 0.308. The van der Waals surface area contributed by atoms with E-state index in [4.69, 9.17) is 4.74 Å². The predicted molar refractivity (Wildman–Crippen MR) is 134 cm³/mol. The van der Waals surface area contributed by atoms with Gasteiger partial charge >= 0.3 is 0 Å². The molecule has 0 aliphatic heterocycles. The van der Waals surface area contributed by atoms with Crippen LogP contribution in [0.3, 0.4) is 0 Å². The number of anilines is 1. The smallest absolute Gasteiger partial charge is 0.293 e. The lowest BCUT2D eigenvalue weighted by atomic mass is 10.1. The Morgan fingerprint density at radius 3 is 2.51 bits per heavy atom. The van der Waals surface area contributed by atoms with E-state index >= 15 is 0 Å². The summed E-state index contributed by atoms with van der Waals surface area (Å²) >= 11 is 0. The van der Waals surface area contributed by atoms with E-state index in [0.29, 0.717) is 24.5 Å². The molecule has 3 rings (SSSR count). The van der Waals surface area contributed by atoms with Gasteiger partial charge in [0.25, 0.3) is 11.5 Å². The van der Waals surface area contributed by atoms with Crippen LogP contribution in [0.2, 0.25) is 0 Å². The highest BCUT2D eigenvalue weighted by atomic mass is 16.5. The zero-order chi connectivity index (χ0) is 25.0. The summed E-state index contributed by atoms with van der Waals surface area (Å²) in [5.41, 5.74) is 2.12. The highest BCUT2D eigenvalue weighted by molar-refractivity contribution is 5.77. The van der Waals surface area contributed by atoms with Crippen LogP contribution in [0.4, 0.5) is 5.82 Å². The highest BCUT2D eigenvalue weighted by Crippen LogP contribution is 2.17. The molecule has 0 unspecified atom stereocenters. The van der Waals surface area contributed by atoms with Gasteiger partial charge in [-0.15, -0.1) is 0 Å². The molecule has 184 valence electrons. The van der Waals surface area contributed by atoms with E-state index in [1.165, 1.54) is 4.57 Å². The number of aryl methyl sites for hydroxylation is 1. The fourth-order valence-corrected chi connectivity index (χ4v) is 3.43. The third-order valence-corrected chi connectivity index (χ3v) is 5.29. The quantitative estimate of drug-likeness (QED) is 0.368. The third kappa shape index (κ3) is 7.70. The van der Waals surface area contributed by atoms with Crippen molar-refractivity contribution in [2.24, 2.45) is 0 Å². The summed E-state index contributed by atoms with van der Waals surface area (Å²) in [5, 5.41) is 8.57. The zero-order valence-corrected chi connectivity index (χ0v) is 20.0. The first-order valence-electron chi connectivity index (χ1n) is 11.6. The molecular weight excluding hydrogens is 446 g/mol. The van der Waals surface area contributed by atoms with Crippen LogP contribution in [0.15, 0.2) is 65.6 Å². The second-order valence-electron chi connectivity index (χ2n) is 7.93. The second kappa shape index (κ2) is 12.9. The Morgan fingerprint density at radius 1 is 1.00 bits per heavy atom. The molecule has 0 aliphatic carbocycles. The van der Waals surface area contributed by atoms with Crippen molar-refractivity contribution in [2.45, 2.75) is 33.4 Å². The van der Waals surface area contributed by atoms with Crippen molar-refractivity contribution in [1.82, 2.24) is 20.2 Å². The molecule has 2 amide bonds. The molecular formula is C26H31N5O4. The lowest BCUT2D eigenvalue weighted by molar-refractivity contribution is -0.123. The molecule has 0 aliphatic rings. The van der Waals surface area contributed by atoms with Crippen LogP contribution < -0.4 is 26.2 Å². The van der Waals surface area contributed by atoms with Gasteiger partial charge in [-0.05, 0) is 31.9 Å². The summed E-state index contributed by atoms with van der Waals surface area (Å²) in [6.07, 6.45) is 2.32. The van der Waals surface area contributed by atoms with Crippen LogP contribution in [0.25, 0.3) is 0 Å². The number of para-hydroxylation sites is 1. The lowest BCUT2D eigenvalue weighted by Gasteiger charge is -2.14. The average Bonchev–Trinajstić information content (AvgIpc) is 2.86. The van der Waals surface area contributed by atoms with Crippen molar-refractivity contribution in [1.29, 1.82) is 0 Å². The molecule has 0 radical (unpaired) electrons. The molecule has 3 aromatic rings. The molecule has 0 saturated heterocycles. The Labute approximate surface area is 204 Å². The maximum Gasteiger partial charge on any atom is 0.293 e. The monoisotopic (exact) mass is 477 g/mol. The highest BCUT2D eigenvalue weighted by Gasteiger charge is 2.13. The van der Waals surface area contributed by atoms with Gasteiger partial charge in [0.1, 0.15) is 12.3 Å². The molecule has 2 aromatic carbocycles. The topological polar surface area (TPSA) is 114 Å². The van der Waals surface area contributed by atoms with E-state index in [0.717, 1.165) is 17.5 Å². The third-order valence-electron chi connectivity index (χ3n) is 5.29. The Balaban J connectivity index is 1.58. The van der Waals surface area contributed by atoms with Gasteiger partial charge in [0, 0.05) is 37.1 Å². The molecule has 0 spiro atoms. The van der Waals surface area contributed by atoms with Crippen molar-refractivity contribution in [3.8, 4) is 5.75 Å². The van der Waals surface area contributed by atoms with Crippen LogP contribution in [-0.4, -0.2) is 41.1 Å². The van der Waals surface area contributed by atoms with Gasteiger partial charge in [-0.25, -0.2) is 4.98 Å². The molecule has 1 heterocycles. The Kier molecular flexibility index (Phi) is 9.41. The minimum atomic E-state index is -0.348. The molecule has 9 nitrogen and oxygen atoms in total. The van der Waals surface area contributed by atoms with E-state index in [9.17, 15) is 14.4 Å². The Bertz CT molecular complexity index is 1190. The van der Waals surface area contributed by atoms with Gasteiger partial charge in [0.15, 0.2) is 12.4 Å². The summed E-state index contributed by atoms with van der Waals surface area (Å²) in [7, 11) is 0. The molecule has 0 bridgehead atoms. The van der Waals surface area contributed by atoms with Crippen molar-refractivity contribution < 1.29 is 14.3 Å². The molecule has 0 fully saturated rings. The van der Waals surface area contributed by atoms with E-state index in [-0.39, 0.29) is 42.9 Å². The molecule has 9 heteroatoms. The second-order valence-corrected chi connectivity index (χ2v) is 7.93. The molecule has 35 heavy (non-hydrogen) atoms. The fourth-order valence-electron chi connectivity index (χ4n) is 3.43. The van der Waals surface area contributed by atoms with Crippen LogP contribution >= 0.6 is 0 Å². The Morgan fingerprint density at radius 2 is 1.74 bits per heavy atom. The van der Waals surface area contributed by atoms with E-state index < -0.39 is 0 Å². The number of amides is 2. The maximum atomic E-state index is 12.9. The van der Waals surface area contributed by atoms with Crippen LogP contribution in [0.1, 0.15) is 23.7 Å². The van der Waals surface area contributed by atoms with Crippen molar-refractivity contribution in [3.63, 3.8) is 0 Å². The lowest BCUT2D eigenvalue weighted by Crippen LogP contribution is -2.34. The first kappa shape index (κ1) is 25.5. The number of rotatable bonds is 12. The normalized spacial score (nSPS) is 10.5. The standard InChI is InChI=1S/C26H31N5O4/c1-3-27-24(33)18-35-22-12-8-7-11-21(22)16-29-23(32)17-31-19(2)15-30-25(26(31)34)28-14-13-20-9-5-4-6-10-20/h4-12,15H,3,13-14,16-18H2,1-2H3,(H,27,33)(H,28,30)(H,29,32). The van der Waals surface area contributed by atoms with Gasteiger partial charge in [0.05, 0.1) is 0 Å². The maximum absolute atomic E-state index is 12.9. The van der Waals surface area contributed by atoms with E-state index in [2.05, 4.69) is 20.9 Å². The van der Waals surface area contributed by atoms with Crippen molar-refractivity contribution >= 4 is 17.6 Å². The van der Waals surface area contributed by atoms with Gasteiger partial charge in [-0.2, -0.15) is 0 Å². The van der Waals surface area contributed by atoms with E-state index in [1.54, 1.807) is 25.3 Å². The van der Waals surface area contributed by atoms with Crippen molar-refractivity contribution in [3.05, 3.63) is 88.0 Å². The van der Waals surface area contributed by atoms with Gasteiger partial charge < -0.3 is 20.7 Å². The summed E-state index contributed by atoms with van der Waals surface area (Å²) in [4.78, 5) is 41.4. The molecule has 1 aromatic heterocycles. The minimum absolute atomic E-state index is 0.107. The summed E-state index contributed by atoms with van der Waals surface area (Å²) in [6.45, 7) is 4.60. The van der Waals surface area contributed by atoms with Crippen molar-refractivity contribution in [2.75, 3.05) is 25.0 Å². The first-order valence-corrected chi connectivity index (χ1v) is 11.6. The van der Waals surface area contributed by atoms with Gasteiger partial charge in [-0.3, -0.25) is 19.0 Å². The molecule has 0 atom stereocenters. The molecule has 0 saturated carbocycles. The predicted octanol–water partition coefficient (Wildman–Crippen LogP) is 2.04. The largest absolute Gasteiger partial charge is 0.483 e. The number of hydrogen-bond donors (Lipinski definition) is 3. The number of nitrogens with one attached hydrogen (secondary N) is 3. The summed E-state index contributed by atoms with van der Waals surface area (Å²) < 4.78 is 6.98. The summed E-state index contributed by atoms with van der Waals surface area (Å²) in [5.74, 6) is 0.187. The summed E-state index contributed by atoms with van der Waals surface area (Å²) in [6, 6.07) is 17.1. The van der Waals surface area contributed by atoms with Gasteiger partial charge in [0.2, 0.25) is 5.91 Å². The van der Waals surface area contributed by atoms with E-state index in [1.807, 2.05) is 49.4 Å². The average molecular weight is 478 g/mol.